The molecule has 0 aliphatic heterocycles. The lowest BCUT2D eigenvalue weighted by molar-refractivity contribution is 0.112. The summed E-state index contributed by atoms with van der Waals surface area (Å²) in [5.41, 5.74) is 1.56. The number of carbonyl (C=O) groups excluding carboxylic acids is 1. The molecule has 0 unspecified atom stereocenters. The van der Waals surface area contributed by atoms with E-state index in [1.165, 1.54) is 25.5 Å². The Bertz CT molecular complexity index is 860. The lowest BCUT2D eigenvalue weighted by atomic mass is 10.2. The molecule has 3 rings (SSSR count). The van der Waals surface area contributed by atoms with Gasteiger partial charge in [0.15, 0.2) is 11.5 Å². The molecule has 1 heterocycles. The molecular formula is C18H14FNO4. The van der Waals surface area contributed by atoms with Crippen molar-refractivity contribution in [3.05, 3.63) is 65.8 Å². The first-order valence-electron chi connectivity index (χ1n) is 7.16. The van der Waals surface area contributed by atoms with Gasteiger partial charge in [0.05, 0.1) is 7.11 Å². The van der Waals surface area contributed by atoms with E-state index < -0.39 is 0 Å². The van der Waals surface area contributed by atoms with Crippen LogP contribution in [0.5, 0.6) is 11.5 Å². The van der Waals surface area contributed by atoms with Crippen molar-refractivity contribution in [1.29, 1.82) is 0 Å². The molecule has 6 heteroatoms. The zero-order valence-electron chi connectivity index (χ0n) is 12.9. The lowest BCUT2D eigenvalue weighted by Crippen LogP contribution is -1.99. The standard InChI is InChI=1S/C18H14FNO4/c1-22-16-6-5-12(9-21)7-17(16)23-10-15-11-24-18(20-15)13-3-2-4-14(19)8-13/h2-9,11H,10H2,1H3. The monoisotopic (exact) mass is 327 g/mol. The first-order valence-corrected chi connectivity index (χ1v) is 7.16. The second kappa shape index (κ2) is 6.95. The van der Waals surface area contributed by atoms with Gasteiger partial charge in [-0.25, -0.2) is 9.37 Å². The predicted octanol–water partition coefficient (Wildman–Crippen LogP) is 3.88. The number of nitrogens with zero attached hydrogens (tertiary/aromatic N) is 1. The Hall–Kier alpha value is -3.15. The maximum absolute atomic E-state index is 13.2. The number of aromatic nitrogens is 1. The van der Waals surface area contributed by atoms with Gasteiger partial charge in [-0.05, 0) is 36.4 Å². The minimum absolute atomic E-state index is 0.123. The van der Waals surface area contributed by atoms with E-state index in [2.05, 4.69) is 4.98 Å². The molecule has 122 valence electrons. The Morgan fingerprint density at radius 1 is 1.21 bits per heavy atom. The van der Waals surface area contributed by atoms with Gasteiger partial charge in [-0.1, -0.05) is 6.07 Å². The highest BCUT2D eigenvalue weighted by Gasteiger charge is 2.10. The van der Waals surface area contributed by atoms with Crippen LogP contribution in [0.4, 0.5) is 4.39 Å². The van der Waals surface area contributed by atoms with Gasteiger partial charge >= 0.3 is 0 Å². The molecule has 0 spiro atoms. The van der Waals surface area contributed by atoms with Crippen LogP contribution < -0.4 is 9.47 Å². The molecule has 5 nitrogen and oxygen atoms in total. The van der Waals surface area contributed by atoms with E-state index in [9.17, 15) is 9.18 Å². The van der Waals surface area contributed by atoms with Gasteiger partial charge in [0.25, 0.3) is 0 Å². The van der Waals surface area contributed by atoms with Crippen LogP contribution in [0.25, 0.3) is 11.5 Å². The summed E-state index contributed by atoms with van der Waals surface area (Å²) < 4.78 is 29.4. The quantitative estimate of drug-likeness (QED) is 0.643. The Kier molecular flexibility index (Phi) is 4.56. The molecular weight excluding hydrogens is 313 g/mol. The van der Waals surface area contributed by atoms with Crippen molar-refractivity contribution in [3.63, 3.8) is 0 Å². The highest BCUT2D eigenvalue weighted by atomic mass is 19.1. The molecule has 1 aromatic heterocycles. The number of hydrogen-bond acceptors (Lipinski definition) is 5. The van der Waals surface area contributed by atoms with Gasteiger partial charge in [0, 0.05) is 11.1 Å². The molecule has 24 heavy (non-hydrogen) atoms. The predicted molar refractivity (Wildman–Crippen MR) is 84.6 cm³/mol. The van der Waals surface area contributed by atoms with E-state index in [-0.39, 0.29) is 12.4 Å². The number of ether oxygens (including phenoxy) is 2. The van der Waals surface area contributed by atoms with Gasteiger partial charge in [0.2, 0.25) is 5.89 Å². The molecule has 0 radical (unpaired) electrons. The number of benzene rings is 2. The minimum Gasteiger partial charge on any atom is -0.493 e. The molecule has 0 aliphatic rings. The van der Waals surface area contributed by atoms with Gasteiger partial charge in [0.1, 0.15) is 30.7 Å². The van der Waals surface area contributed by atoms with Crippen molar-refractivity contribution in [2.24, 2.45) is 0 Å². The van der Waals surface area contributed by atoms with E-state index in [1.807, 2.05) is 0 Å². The van der Waals surface area contributed by atoms with E-state index in [0.717, 1.165) is 6.29 Å². The van der Waals surface area contributed by atoms with E-state index in [1.54, 1.807) is 30.3 Å². The number of rotatable bonds is 6. The second-order valence-electron chi connectivity index (χ2n) is 4.97. The molecule has 2 aromatic carbocycles. The third-order valence-electron chi connectivity index (χ3n) is 3.32. The molecule has 0 saturated heterocycles. The number of carbonyl (C=O) groups is 1. The highest BCUT2D eigenvalue weighted by molar-refractivity contribution is 5.76. The summed E-state index contributed by atoms with van der Waals surface area (Å²) in [6.45, 7) is 0.123. The summed E-state index contributed by atoms with van der Waals surface area (Å²) in [4.78, 5) is 15.1. The maximum atomic E-state index is 13.2. The van der Waals surface area contributed by atoms with Crippen molar-refractivity contribution in [3.8, 4) is 23.0 Å². The van der Waals surface area contributed by atoms with Crippen molar-refractivity contribution < 1.29 is 23.1 Å². The van der Waals surface area contributed by atoms with Crippen molar-refractivity contribution >= 4 is 6.29 Å². The van der Waals surface area contributed by atoms with Crippen molar-refractivity contribution in [2.75, 3.05) is 7.11 Å². The van der Waals surface area contributed by atoms with Gasteiger partial charge in [-0.2, -0.15) is 0 Å². The molecule has 0 N–H and O–H groups in total. The van der Waals surface area contributed by atoms with Crippen LogP contribution in [0.3, 0.4) is 0 Å². The second-order valence-corrected chi connectivity index (χ2v) is 4.97. The molecule has 0 saturated carbocycles. The smallest absolute Gasteiger partial charge is 0.226 e. The topological polar surface area (TPSA) is 61.6 Å². The van der Waals surface area contributed by atoms with E-state index >= 15 is 0 Å². The summed E-state index contributed by atoms with van der Waals surface area (Å²) in [6.07, 6.45) is 2.17. The third kappa shape index (κ3) is 3.43. The fraction of sp³-hybridized carbons (Fsp3) is 0.111. The largest absolute Gasteiger partial charge is 0.493 e. The number of hydrogen-bond donors (Lipinski definition) is 0. The summed E-state index contributed by atoms with van der Waals surface area (Å²) in [6, 6.07) is 10.9. The van der Waals surface area contributed by atoms with Crippen molar-refractivity contribution in [1.82, 2.24) is 4.98 Å². The van der Waals surface area contributed by atoms with Crippen LogP contribution >= 0.6 is 0 Å². The summed E-state index contributed by atoms with van der Waals surface area (Å²) in [7, 11) is 1.51. The molecule has 0 fully saturated rings. The summed E-state index contributed by atoms with van der Waals surface area (Å²) in [5.74, 6) is 0.882. The van der Waals surface area contributed by atoms with Gasteiger partial charge in [-0.3, -0.25) is 4.79 Å². The number of methoxy groups -OCH3 is 1. The van der Waals surface area contributed by atoms with Crippen LogP contribution in [-0.4, -0.2) is 18.4 Å². The fourth-order valence-corrected chi connectivity index (χ4v) is 2.16. The van der Waals surface area contributed by atoms with Crippen LogP contribution in [0.15, 0.2) is 53.1 Å². The Morgan fingerprint density at radius 2 is 2.08 bits per heavy atom. The lowest BCUT2D eigenvalue weighted by Gasteiger charge is -2.09. The van der Waals surface area contributed by atoms with Crippen molar-refractivity contribution in [2.45, 2.75) is 6.61 Å². The molecule has 0 aliphatic carbocycles. The Morgan fingerprint density at radius 3 is 2.83 bits per heavy atom. The average molecular weight is 327 g/mol. The fourth-order valence-electron chi connectivity index (χ4n) is 2.16. The Labute approximate surface area is 137 Å². The SMILES string of the molecule is COc1ccc(C=O)cc1OCc1coc(-c2cccc(F)c2)n1. The summed E-state index contributed by atoms with van der Waals surface area (Å²) in [5, 5.41) is 0. The molecule has 0 atom stereocenters. The van der Waals surface area contributed by atoms with Crippen LogP contribution in [0.2, 0.25) is 0 Å². The zero-order chi connectivity index (χ0) is 16.9. The maximum Gasteiger partial charge on any atom is 0.226 e. The normalized spacial score (nSPS) is 10.4. The number of aldehydes is 1. The van der Waals surface area contributed by atoms with Gasteiger partial charge in [-0.15, -0.1) is 0 Å². The first-order chi connectivity index (χ1) is 11.7. The summed E-state index contributed by atoms with van der Waals surface area (Å²) >= 11 is 0. The first kappa shape index (κ1) is 15.7. The van der Waals surface area contributed by atoms with E-state index in [4.69, 9.17) is 13.9 Å². The minimum atomic E-state index is -0.362. The van der Waals surface area contributed by atoms with Crippen LogP contribution in [-0.2, 0) is 6.61 Å². The zero-order valence-corrected chi connectivity index (χ0v) is 12.9. The highest BCUT2D eigenvalue weighted by Crippen LogP contribution is 2.28. The van der Waals surface area contributed by atoms with E-state index in [0.29, 0.717) is 34.2 Å². The molecule has 3 aromatic rings. The average Bonchev–Trinajstić information content (AvgIpc) is 3.08. The van der Waals surface area contributed by atoms with Crippen LogP contribution in [0.1, 0.15) is 16.1 Å². The van der Waals surface area contributed by atoms with Crippen LogP contribution in [0, 0.1) is 5.82 Å². The number of oxazole rings is 1. The molecule has 0 amide bonds. The van der Waals surface area contributed by atoms with Gasteiger partial charge < -0.3 is 13.9 Å². The Balaban J connectivity index is 1.75. The molecule has 0 bridgehead atoms. The third-order valence-corrected chi connectivity index (χ3v) is 3.32. The number of halogens is 1.